The summed E-state index contributed by atoms with van der Waals surface area (Å²) in [6.45, 7) is 3.99. The molecule has 2 aromatic rings. The van der Waals surface area contributed by atoms with Crippen molar-refractivity contribution in [3.63, 3.8) is 0 Å². The van der Waals surface area contributed by atoms with Crippen LogP contribution in [0.1, 0.15) is 36.8 Å². The van der Waals surface area contributed by atoms with Gasteiger partial charge in [0.05, 0.1) is 35.2 Å². The molecule has 2 saturated heterocycles. The molecule has 0 bridgehead atoms. The predicted octanol–water partition coefficient (Wildman–Crippen LogP) is 4.49. The van der Waals surface area contributed by atoms with Crippen LogP contribution in [-0.2, 0) is 38.1 Å². The van der Waals surface area contributed by atoms with Gasteiger partial charge >= 0.3 is 0 Å². The second-order valence-corrected chi connectivity index (χ2v) is 18.4. The maximum atomic E-state index is 13.5. The molecule has 10 heteroatoms. The Morgan fingerprint density at radius 3 is 1.36 bits per heavy atom. The number of fused-ring (bicyclic) bond motifs is 4. The van der Waals surface area contributed by atoms with Gasteiger partial charge in [-0.1, -0.05) is 35.4 Å². The van der Waals surface area contributed by atoms with Crippen molar-refractivity contribution >= 4 is 20.2 Å². The summed E-state index contributed by atoms with van der Waals surface area (Å²) in [5.74, 6) is 2.80. The lowest BCUT2D eigenvalue weighted by atomic mass is 9.72. The zero-order valence-electron chi connectivity index (χ0n) is 24.9. The van der Waals surface area contributed by atoms with Crippen molar-refractivity contribution in [1.29, 1.82) is 0 Å². The van der Waals surface area contributed by atoms with E-state index < -0.39 is 31.4 Å². The minimum absolute atomic E-state index is 0.0603. The Bertz CT molecular complexity index is 1640. The van der Waals surface area contributed by atoms with Crippen molar-refractivity contribution in [2.75, 3.05) is 13.2 Å². The molecule has 0 radical (unpaired) electrons. The fourth-order valence-corrected chi connectivity index (χ4v) is 14.9. The van der Waals surface area contributed by atoms with E-state index in [0.29, 0.717) is 35.5 Å². The molecule has 8 aliphatic rings. The molecule has 14 atom stereocenters. The van der Waals surface area contributed by atoms with E-state index in [2.05, 4.69) is 0 Å². The van der Waals surface area contributed by atoms with Crippen molar-refractivity contribution < 1.29 is 34.7 Å². The standard InChI is InChI=1S/C34H38O8S2/c1-17-3-7-19(8-4-17)43(35,36)39-15-33-29-21-11-14-24-26(21)32-27(29)28-30(22-12-13-23(41-33)25(22)31(28)33)34(32,42-24)16-40-44(37,38)20-9-5-18(2)6-10-20/h3-10,21-32H,11-16H2,1-2H3/t21?,22?,23?,24?,25?,26?,27?,28?,29?,30?,31?,32?,33-,34?/m1/s1. The highest BCUT2D eigenvalue weighted by atomic mass is 32.2. The summed E-state index contributed by atoms with van der Waals surface area (Å²) < 4.78 is 80.2. The Morgan fingerprint density at radius 1 is 0.591 bits per heavy atom. The molecule has 6 aliphatic carbocycles. The number of benzene rings is 2. The highest BCUT2D eigenvalue weighted by Gasteiger charge is 2.90. The molecule has 10 rings (SSSR count). The molecule has 0 aromatic heterocycles. The minimum atomic E-state index is -3.95. The van der Waals surface area contributed by atoms with Crippen molar-refractivity contribution in [3.05, 3.63) is 59.7 Å². The summed E-state index contributed by atoms with van der Waals surface area (Å²) in [5, 5.41) is 0. The van der Waals surface area contributed by atoms with E-state index in [1.165, 1.54) is 0 Å². The average molecular weight is 639 g/mol. The first kappa shape index (κ1) is 27.3. The summed E-state index contributed by atoms with van der Waals surface area (Å²) in [6, 6.07) is 13.7. The second-order valence-electron chi connectivity index (χ2n) is 15.2. The van der Waals surface area contributed by atoms with Gasteiger partial charge in [0.15, 0.2) is 0 Å². The third kappa shape index (κ3) is 3.14. The zero-order valence-corrected chi connectivity index (χ0v) is 26.5. The Hall–Kier alpha value is -1.82. The first-order valence-corrected chi connectivity index (χ1v) is 19.2. The third-order valence-corrected chi connectivity index (χ3v) is 16.3. The van der Waals surface area contributed by atoms with E-state index in [4.69, 9.17) is 17.8 Å². The van der Waals surface area contributed by atoms with Crippen LogP contribution >= 0.6 is 0 Å². The number of rotatable bonds is 8. The van der Waals surface area contributed by atoms with Crippen LogP contribution in [0.3, 0.4) is 0 Å². The van der Waals surface area contributed by atoms with Crippen LogP contribution in [0.25, 0.3) is 0 Å². The van der Waals surface area contributed by atoms with Gasteiger partial charge in [-0.25, -0.2) is 0 Å². The molecule has 13 unspecified atom stereocenters. The van der Waals surface area contributed by atoms with Gasteiger partial charge < -0.3 is 9.47 Å². The topological polar surface area (TPSA) is 105 Å². The second kappa shape index (κ2) is 8.55. The largest absolute Gasteiger partial charge is 0.368 e. The lowest BCUT2D eigenvalue weighted by Crippen LogP contribution is -2.49. The van der Waals surface area contributed by atoms with E-state index in [0.717, 1.165) is 36.8 Å². The van der Waals surface area contributed by atoms with Gasteiger partial charge in [-0.2, -0.15) is 16.8 Å². The van der Waals surface area contributed by atoms with E-state index in [-0.39, 0.29) is 58.9 Å². The van der Waals surface area contributed by atoms with E-state index in [9.17, 15) is 16.8 Å². The molecule has 6 saturated carbocycles. The maximum absolute atomic E-state index is 13.5. The van der Waals surface area contributed by atoms with Gasteiger partial charge in [0.25, 0.3) is 20.2 Å². The molecule has 2 heterocycles. The molecule has 0 spiro atoms. The fraction of sp³-hybridized carbons (Fsp3) is 0.647. The molecule has 2 aromatic carbocycles. The third-order valence-electron chi connectivity index (χ3n) is 13.8. The van der Waals surface area contributed by atoms with Gasteiger partial charge in [-0.15, -0.1) is 0 Å². The lowest BCUT2D eigenvalue weighted by molar-refractivity contribution is -0.141. The summed E-state index contributed by atoms with van der Waals surface area (Å²) in [4.78, 5) is 0.364. The zero-order chi connectivity index (χ0) is 30.0. The van der Waals surface area contributed by atoms with Crippen molar-refractivity contribution in [3.8, 4) is 0 Å². The van der Waals surface area contributed by atoms with Crippen LogP contribution in [0, 0.1) is 73.0 Å². The van der Waals surface area contributed by atoms with Crippen LogP contribution in [0.15, 0.2) is 58.3 Å². The van der Waals surface area contributed by atoms with Gasteiger partial charge in [-0.05, 0) is 123 Å². The molecule has 234 valence electrons. The van der Waals surface area contributed by atoms with Gasteiger partial charge in [0.1, 0.15) is 11.2 Å². The summed E-state index contributed by atoms with van der Waals surface area (Å²) in [7, 11) is -7.90. The van der Waals surface area contributed by atoms with E-state index >= 15 is 0 Å². The highest BCUT2D eigenvalue weighted by Crippen LogP contribution is 2.86. The van der Waals surface area contributed by atoms with Crippen LogP contribution in [0.4, 0.5) is 0 Å². The monoisotopic (exact) mass is 638 g/mol. The summed E-state index contributed by atoms with van der Waals surface area (Å²) >= 11 is 0. The van der Waals surface area contributed by atoms with Crippen LogP contribution in [0.5, 0.6) is 0 Å². The molecular formula is C34H38O8S2. The molecule has 8 fully saturated rings. The summed E-state index contributed by atoms with van der Waals surface area (Å²) in [5.41, 5.74) is 0.744. The number of ether oxygens (including phenoxy) is 2. The van der Waals surface area contributed by atoms with Crippen LogP contribution in [0.2, 0.25) is 0 Å². The Kier molecular flexibility index (Phi) is 5.31. The quantitative estimate of drug-likeness (QED) is 0.390. The first-order valence-electron chi connectivity index (χ1n) is 16.3. The molecule has 2 aliphatic heterocycles. The Balaban J connectivity index is 1.03. The highest BCUT2D eigenvalue weighted by molar-refractivity contribution is 7.87. The van der Waals surface area contributed by atoms with Gasteiger partial charge in [-0.3, -0.25) is 8.37 Å². The normalized spacial score (nSPS) is 48.1. The number of hydrogen-bond acceptors (Lipinski definition) is 8. The lowest BCUT2D eigenvalue weighted by Gasteiger charge is -2.39. The first-order chi connectivity index (χ1) is 21.1. The molecular weight excluding hydrogens is 601 g/mol. The summed E-state index contributed by atoms with van der Waals surface area (Å²) in [6.07, 6.45) is 4.13. The van der Waals surface area contributed by atoms with Crippen LogP contribution < -0.4 is 0 Å². The fourth-order valence-electron chi connectivity index (χ4n) is 13.0. The Labute approximate surface area is 259 Å². The van der Waals surface area contributed by atoms with Crippen molar-refractivity contribution in [2.45, 2.75) is 72.7 Å². The number of aryl methyl sites for hydroxylation is 2. The minimum Gasteiger partial charge on any atom is -0.368 e. The maximum Gasteiger partial charge on any atom is 0.297 e. The SMILES string of the molecule is Cc1ccc(S(=O)(=O)OCC23OC4CCC5C4C2C2C4C3C3CCC6O[C@](COS(=O)(=O)c7ccc(C)cc7)(C52)C4C63)cc1. The van der Waals surface area contributed by atoms with Gasteiger partial charge in [0.2, 0.25) is 0 Å². The van der Waals surface area contributed by atoms with Crippen molar-refractivity contribution in [2.24, 2.45) is 59.2 Å². The van der Waals surface area contributed by atoms with Gasteiger partial charge in [0, 0.05) is 0 Å². The van der Waals surface area contributed by atoms with Crippen molar-refractivity contribution in [1.82, 2.24) is 0 Å². The number of hydrogen-bond donors (Lipinski definition) is 0. The molecule has 0 amide bonds. The molecule has 44 heavy (non-hydrogen) atoms. The predicted molar refractivity (Wildman–Crippen MR) is 157 cm³/mol. The van der Waals surface area contributed by atoms with E-state index in [1.54, 1.807) is 48.5 Å². The Morgan fingerprint density at radius 2 is 0.977 bits per heavy atom. The van der Waals surface area contributed by atoms with Crippen LogP contribution in [-0.4, -0.2) is 53.5 Å². The molecule has 0 N–H and O–H groups in total. The van der Waals surface area contributed by atoms with E-state index in [1.807, 2.05) is 13.8 Å². The smallest absolute Gasteiger partial charge is 0.297 e. The average Bonchev–Trinajstić information content (AvgIpc) is 3.82. The molecule has 8 nitrogen and oxygen atoms in total.